The first-order valence-corrected chi connectivity index (χ1v) is 18.6. The highest BCUT2D eigenvalue weighted by Crippen LogP contribution is 2.76. The van der Waals surface area contributed by atoms with Crippen molar-refractivity contribution >= 4 is 23.6 Å². The lowest BCUT2D eigenvalue weighted by Crippen LogP contribution is -2.67. The predicted octanol–water partition coefficient (Wildman–Crippen LogP) is 7.86. The molecule has 0 radical (unpaired) electrons. The first-order valence-electron chi connectivity index (χ1n) is 18.6. The van der Waals surface area contributed by atoms with Crippen molar-refractivity contribution in [2.75, 3.05) is 0 Å². The highest BCUT2D eigenvalue weighted by molar-refractivity contribution is 6.03. The SMILES string of the molecule is Cc1cc(C(=O)N[C@@]23CC[C@]4(C)C(CCC5[C@@]6(C)CC[C@H](OC(=O)CC(C)(C)C(=O)O)C(C)(C)C6CC[C@]54C)C2=C(C(C)C)C(=O)C3)no1. The number of carboxylic acids is 1. The van der Waals surface area contributed by atoms with Crippen LogP contribution in [0.15, 0.2) is 21.7 Å². The van der Waals surface area contributed by atoms with Crippen LogP contribution in [0.3, 0.4) is 0 Å². The van der Waals surface area contributed by atoms with E-state index in [2.05, 4.69) is 58.9 Å². The zero-order valence-corrected chi connectivity index (χ0v) is 31.4. The van der Waals surface area contributed by atoms with Crippen LogP contribution >= 0.6 is 0 Å². The fraction of sp³-hybridized carbons (Fsp3) is 0.775. The maximum Gasteiger partial charge on any atom is 0.309 e. The Labute approximate surface area is 291 Å². The van der Waals surface area contributed by atoms with E-state index in [4.69, 9.17) is 9.26 Å². The number of nitrogens with one attached hydrogen (secondary N) is 1. The summed E-state index contributed by atoms with van der Waals surface area (Å²) in [6, 6.07) is 1.65. The third kappa shape index (κ3) is 5.25. The molecule has 6 rings (SSSR count). The number of aryl methyl sites for hydroxylation is 1. The molecule has 4 saturated carbocycles. The van der Waals surface area contributed by atoms with Gasteiger partial charge >= 0.3 is 11.9 Å². The zero-order chi connectivity index (χ0) is 36.1. The van der Waals surface area contributed by atoms with E-state index in [-0.39, 0.29) is 63.4 Å². The van der Waals surface area contributed by atoms with Gasteiger partial charge in [-0.2, -0.15) is 0 Å². The van der Waals surface area contributed by atoms with Gasteiger partial charge in [-0.05, 0) is 123 Å². The maximum absolute atomic E-state index is 13.9. The molecule has 9 nitrogen and oxygen atoms in total. The summed E-state index contributed by atoms with van der Waals surface area (Å²) in [5.74, 6) is 0.0925. The zero-order valence-electron chi connectivity index (χ0n) is 31.4. The molecule has 1 heterocycles. The van der Waals surface area contributed by atoms with Crippen LogP contribution in [0.25, 0.3) is 0 Å². The number of fused-ring (bicyclic) bond motifs is 7. The predicted molar refractivity (Wildman–Crippen MR) is 184 cm³/mol. The van der Waals surface area contributed by atoms with E-state index in [1.54, 1.807) is 26.8 Å². The summed E-state index contributed by atoms with van der Waals surface area (Å²) in [4.78, 5) is 52.2. The summed E-state index contributed by atoms with van der Waals surface area (Å²) in [5.41, 5.74) is 0.232. The van der Waals surface area contributed by atoms with Gasteiger partial charge in [0.1, 0.15) is 11.9 Å². The van der Waals surface area contributed by atoms with Crippen molar-refractivity contribution in [2.24, 2.45) is 50.7 Å². The summed E-state index contributed by atoms with van der Waals surface area (Å²) in [6.45, 7) is 21.1. The lowest BCUT2D eigenvalue weighted by Gasteiger charge is -2.72. The van der Waals surface area contributed by atoms with Crippen molar-refractivity contribution in [3.8, 4) is 0 Å². The molecular formula is C40H58N2O7. The van der Waals surface area contributed by atoms with Crippen molar-refractivity contribution in [2.45, 2.75) is 145 Å². The molecule has 0 bridgehead atoms. The Hall–Kier alpha value is -2.97. The number of amides is 1. The van der Waals surface area contributed by atoms with Gasteiger partial charge in [0.15, 0.2) is 11.5 Å². The number of esters is 1. The van der Waals surface area contributed by atoms with Gasteiger partial charge in [-0.25, -0.2) is 0 Å². The molecule has 1 amide bonds. The van der Waals surface area contributed by atoms with Crippen molar-refractivity contribution in [3.63, 3.8) is 0 Å². The summed E-state index contributed by atoms with van der Waals surface area (Å²) < 4.78 is 11.4. The van der Waals surface area contributed by atoms with E-state index in [0.717, 1.165) is 56.9 Å². The van der Waals surface area contributed by atoms with Crippen LogP contribution in [0.1, 0.15) is 143 Å². The average molecular weight is 679 g/mol. The monoisotopic (exact) mass is 678 g/mol. The number of carbonyl (C=O) groups excluding carboxylic acids is 3. The van der Waals surface area contributed by atoms with E-state index in [1.807, 2.05) is 0 Å². The molecule has 0 aromatic carbocycles. The number of nitrogens with zero attached hydrogens (tertiary/aromatic N) is 1. The van der Waals surface area contributed by atoms with Gasteiger partial charge in [0.25, 0.3) is 5.91 Å². The summed E-state index contributed by atoms with van der Waals surface area (Å²) in [7, 11) is 0. The molecule has 5 aliphatic carbocycles. The number of Topliss-reactive ketones (excluding diaryl/α,β-unsaturated/α-hetero) is 1. The molecule has 0 saturated heterocycles. The molecule has 0 aliphatic heterocycles. The Kier molecular flexibility index (Phi) is 8.43. The topological polar surface area (TPSA) is 136 Å². The molecule has 2 N–H and O–H groups in total. The second-order valence-electron chi connectivity index (χ2n) is 18.8. The number of hydrogen-bond donors (Lipinski definition) is 2. The van der Waals surface area contributed by atoms with Crippen LogP contribution in [-0.4, -0.2) is 45.5 Å². The number of allylic oxidation sites excluding steroid dienone is 1. The third-order valence-electron chi connectivity index (χ3n) is 15.0. The largest absolute Gasteiger partial charge is 0.481 e. The molecule has 1 aromatic heterocycles. The van der Waals surface area contributed by atoms with E-state index in [0.29, 0.717) is 24.0 Å². The van der Waals surface area contributed by atoms with Gasteiger partial charge < -0.3 is 19.7 Å². The van der Waals surface area contributed by atoms with Crippen LogP contribution in [0, 0.1) is 57.7 Å². The van der Waals surface area contributed by atoms with Gasteiger partial charge in [-0.15, -0.1) is 0 Å². The van der Waals surface area contributed by atoms with Crippen molar-refractivity contribution < 1.29 is 33.5 Å². The molecule has 8 atom stereocenters. The quantitative estimate of drug-likeness (QED) is 0.278. The minimum absolute atomic E-state index is 0.0202. The fourth-order valence-electron chi connectivity index (χ4n) is 12.3. The normalized spacial score (nSPS) is 38.3. The van der Waals surface area contributed by atoms with Crippen LogP contribution in [-0.2, 0) is 19.1 Å². The minimum Gasteiger partial charge on any atom is -0.481 e. The first-order chi connectivity index (χ1) is 22.6. The van der Waals surface area contributed by atoms with Gasteiger partial charge in [-0.3, -0.25) is 19.2 Å². The van der Waals surface area contributed by atoms with E-state index < -0.39 is 22.9 Å². The van der Waals surface area contributed by atoms with Gasteiger partial charge in [0, 0.05) is 17.9 Å². The molecule has 1 aromatic rings. The van der Waals surface area contributed by atoms with E-state index in [9.17, 15) is 24.3 Å². The highest BCUT2D eigenvalue weighted by atomic mass is 16.5. The average Bonchev–Trinajstić information content (AvgIpc) is 3.55. The van der Waals surface area contributed by atoms with E-state index >= 15 is 0 Å². The van der Waals surface area contributed by atoms with Crippen LogP contribution < -0.4 is 5.32 Å². The molecule has 9 heteroatoms. The molecular weight excluding hydrogens is 620 g/mol. The molecule has 5 aliphatic rings. The lowest BCUT2D eigenvalue weighted by molar-refractivity contribution is -0.232. The maximum atomic E-state index is 13.9. The second-order valence-corrected chi connectivity index (χ2v) is 18.8. The summed E-state index contributed by atoms with van der Waals surface area (Å²) in [6.07, 6.45) is 7.37. The molecule has 3 unspecified atom stereocenters. The minimum atomic E-state index is -1.17. The smallest absolute Gasteiger partial charge is 0.309 e. The third-order valence-corrected chi connectivity index (χ3v) is 15.0. The van der Waals surface area contributed by atoms with Crippen molar-refractivity contribution in [3.05, 3.63) is 28.7 Å². The number of ether oxygens (including phenoxy) is 1. The van der Waals surface area contributed by atoms with E-state index in [1.165, 1.54) is 5.57 Å². The van der Waals surface area contributed by atoms with Crippen molar-refractivity contribution in [1.29, 1.82) is 0 Å². The molecule has 270 valence electrons. The number of carbonyl (C=O) groups is 4. The number of ketones is 1. The summed E-state index contributed by atoms with van der Waals surface area (Å²) >= 11 is 0. The van der Waals surface area contributed by atoms with Gasteiger partial charge in [0.2, 0.25) is 0 Å². The fourth-order valence-corrected chi connectivity index (χ4v) is 12.3. The number of carboxylic acid groups (broad SMARTS) is 1. The first kappa shape index (κ1) is 35.8. The lowest BCUT2D eigenvalue weighted by atomic mass is 9.33. The number of aromatic nitrogens is 1. The van der Waals surface area contributed by atoms with Crippen LogP contribution in [0.5, 0.6) is 0 Å². The van der Waals surface area contributed by atoms with Gasteiger partial charge in [-0.1, -0.05) is 53.6 Å². The van der Waals surface area contributed by atoms with Crippen molar-refractivity contribution in [1.82, 2.24) is 10.5 Å². The Balaban J connectivity index is 1.30. The number of rotatable bonds is 7. The second kappa shape index (κ2) is 11.5. The molecule has 49 heavy (non-hydrogen) atoms. The highest BCUT2D eigenvalue weighted by Gasteiger charge is 2.70. The molecule has 0 spiro atoms. The Morgan fingerprint density at radius 3 is 2.31 bits per heavy atom. The summed E-state index contributed by atoms with van der Waals surface area (Å²) in [5, 5.41) is 16.9. The Morgan fingerprint density at radius 1 is 1.00 bits per heavy atom. The Bertz CT molecular complexity index is 1600. The number of aliphatic carboxylic acids is 1. The molecule has 4 fully saturated rings. The van der Waals surface area contributed by atoms with Gasteiger partial charge in [0.05, 0.1) is 17.4 Å². The number of hydrogen-bond acceptors (Lipinski definition) is 7. The van der Waals surface area contributed by atoms with Crippen LogP contribution in [0.2, 0.25) is 0 Å². The Morgan fingerprint density at radius 2 is 1.69 bits per heavy atom. The van der Waals surface area contributed by atoms with Crippen LogP contribution in [0.4, 0.5) is 0 Å². The standard InChI is InChI=1S/C40H58N2O7/c1-22(2)31-26(43)20-40(41-33(45)25-19-23(3)49-42-25)18-17-38(9)24(32(31)40)11-12-28-37(8)15-14-29(48-30(44)21-35(4,5)34(46)47)36(6,7)27(37)13-16-39(28,38)10/h19,22,24,27-29H,11-18,20-21H2,1-10H3,(H,41,45)(H,46,47)/t24?,27?,28?,29-,37-,38+,39+,40+/m0/s1.